The van der Waals surface area contributed by atoms with Crippen LogP contribution in [-0.4, -0.2) is 18.5 Å². The highest BCUT2D eigenvalue weighted by atomic mass is 16.7. The maximum absolute atomic E-state index is 12.7. The van der Waals surface area contributed by atoms with E-state index in [-0.39, 0.29) is 18.5 Å². The molecule has 1 N–H and O–H groups in total. The number of ketones is 1. The van der Waals surface area contributed by atoms with Gasteiger partial charge in [-0.15, -0.1) is 0 Å². The van der Waals surface area contributed by atoms with Gasteiger partial charge >= 0.3 is 0 Å². The van der Waals surface area contributed by atoms with Crippen molar-refractivity contribution < 1.29 is 19.1 Å². The van der Waals surface area contributed by atoms with Gasteiger partial charge in [0.05, 0.1) is 5.92 Å². The van der Waals surface area contributed by atoms with Crippen molar-refractivity contribution in [2.24, 2.45) is 0 Å². The second kappa shape index (κ2) is 7.56. The van der Waals surface area contributed by atoms with Gasteiger partial charge in [0.1, 0.15) is 0 Å². The first-order chi connectivity index (χ1) is 13.6. The maximum Gasteiger partial charge on any atom is 0.231 e. The van der Waals surface area contributed by atoms with Gasteiger partial charge in [0, 0.05) is 22.9 Å². The minimum atomic E-state index is -0.422. The fraction of sp³-hybridized carbons (Fsp3) is 0.130. The topological polar surface area (TPSA) is 64.6 Å². The summed E-state index contributed by atoms with van der Waals surface area (Å²) < 4.78 is 10.6. The Morgan fingerprint density at radius 3 is 2.43 bits per heavy atom. The second-order valence-corrected chi connectivity index (χ2v) is 6.60. The molecule has 4 rings (SSSR count). The number of amides is 1. The molecule has 28 heavy (non-hydrogen) atoms. The van der Waals surface area contributed by atoms with E-state index in [4.69, 9.17) is 9.47 Å². The van der Waals surface area contributed by atoms with E-state index < -0.39 is 5.92 Å². The fourth-order valence-corrected chi connectivity index (χ4v) is 3.08. The number of hydrogen-bond donors (Lipinski definition) is 1. The molecule has 1 amide bonds. The van der Waals surface area contributed by atoms with Crippen LogP contribution in [0.5, 0.6) is 11.5 Å². The first-order valence-corrected chi connectivity index (χ1v) is 9.02. The van der Waals surface area contributed by atoms with Crippen molar-refractivity contribution in [3.05, 3.63) is 89.5 Å². The molecule has 0 aromatic heterocycles. The SMILES string of the molecule is C[C@H](C(=O)Nc1ccc2c(c1)OCO2)c1cccc(C(=O)c2ccccc2)c1. The molecule has 1 aliphatic heterocycles. The van der Waals surface area contributed by atoms with Crippen molar-refractivity contribution in [2.75, 3.05) is 12.1 Å². The lowest BCUT2D eigenvalue weighted by Crippen LogP contribution is -2.19. The highest BCUT2D eigenvalue weighted by Gasteiger charge is 2.19. The summed E-state index contributed by atoms with van der Waals surface area (Å²) in [6, 6.07) is 21.6. The van der Waals surface area contributed by atoms with Gasteiger partial charge in [-0.2, -0.15) is 0 Å². The molecule has 5 nitrogen and oxygen atoms in total. The molecule has 0 spiro atoms. The third kappa shape index (κ3) is 3.60. The highest BCUT2D eigenvalue weighted by molar-refractivity contribution is 6.09. The van der Waals surface area contributed by atoms with Gasteiger partial charge in [-0.25, -0.2) is 0 Å². The number of anilines is 1. The Kier molecular flexibility index (Phi) is 4.81. The molecule has 0 aliphatic carbocycles. The number of benzene rings is 3. The molecule has 0 saturated heterocycles. The Morgan fingerprint density at radius 1 is 0.857 bits per heavy atom. The molecule has 0 unspecified atom stereocenters. The van der Waals surface area contributed by atoms with Crippen LogP contribution >= 0.6 is 0 Å². The molecule has 1 heterocycles. The average molecular weight is 373 g/mol. The van der Waals surface area contributed by atoms with E-state index in [1.54, 1.807) is 48.5 Å². The van der Waals surface area contributed by atoms with Crippen LogP contribution in [0.4, 0.5) is 5.69 Å². The van der Waals surface area contributed by atoms with Gasteiger partial charge in [-0.05, 0) is 30.7 Å². The zero-order valence-corrected chi connectivity index (χ0v) is 15.3. The highest BCUT2D eigenvalue weighted by Crippen LogP contribution is 2.34. The average Bonchev–Trinajstić information content (AvgIpc) is 3.21. The van der Waals surface area contributed by atoms with E-state index in [2.05, 4.69) is 5.32 Å². The van der Waals surface area contributed by atoms with Crippen LogP contribution in [0.2, 0.25) is 0 Å². The van der Waals surface area contributed by atoms with Crippen LogP contribution < -0.4 is 14.8 Å². The number of ether oxygens (including phenoxy) is 2. The molecule has 1 atom stereocenters. The van der Waals surface area contributed by atoms with E-state index in [1.807, 2.05) is 31.2 Å². The van der Waals surface area contributed by atoms with Gasteiger partial charge in [0.15, 0.2) is 17.3 Å². The Morgan fingerprint density at radius 2 is 1.61 bits per heavy atom. The number of hydrogen-bond acceptors (Lipinski definition) is 4. The van der Waals surface area contributed by atoms with Crippen molar-refractivity contribution in [3.8, 4) is 11.5 Å². The molecule has 0 fully saturated rings. The van der Waals surface area contributed by atoms with Crippen molar-refractivity contribution in [1.82, 2.24) is 0 Å². The first kappa shape index (κ1) is 17.8. The summed E-state index contributed by atoms with van der Waals surface area (Å²) in [4.78, 5) is 25.4. The minimum absolute atomic E-state index is 0.0640. The lowest BCUT2D eigenvalue weighted by atomic mass is 9.95. The molecule has 5 heteroatoms. The van der Waals surface area contributed by atoms with Crippen LogP contribution in [0.15, 0.2) is 72.8 Å². The molecule has 3 aromatic rings. The molecular formula is C23H19NO4. The van der Waals surface area contributed by atoms with Crippen molar-refractivity contribution in [3.63, 3.8) is 0 Å². The van der Waals surface area contributed by atoms with E-state index in [1.165, 1.54) is 0 Å². The van der Waals surface area contributed by atoms with Gasteiger partial charge < -0.3 is 14.8 Å². The van der Waals surface area contributed by atoms with Gasteiger partial charge in [-0.3, -0.25) is 9.59 Å². The Labute approximate surface area is 162 Å². The lowest BCUT2D eigenvalue weighted by molar-refractivity contribution is -0.117. The molecule has 3 aromatic carbocycles. The van der Waals surface area contributed by atoms with Crippen molar-refractivity contribution in [1.29, 1.82) is 0 Å². The standard InChI is InChI=1S/C23H19NO4/c1-15(23(26)24-19-10-11-20-21(13-19)28-14-27-20)17-8-5-9-18(12-17)22(25)16-6-3-2-4-7-16/h2-13,15H,14H2,1H3,(H,24,26)/t15-/m0/s1. The Bertz CT molecular complexity index is 1030. The zero-order valence-electron chi connectivity index (χ0n) is 15.3. The zero-order chi connectivity index (χ0) is 19.5. The predicted octanol–water partition coefficient (Wildman–Crippen LogP) is 4.39. The summed E-state index contributed by atoms with van der Waals surface area (Å²) in [6.07, 6.45) is 0. The predicted molar refractivity (Wildman–Crippen MR) is 106 cm³/mol. The van der Waals surface area contributed by atoms with Crippen molar-refractivity contribution >= 4 is 17.4 Å². The summed E-state index contributed by atoms with van der Waals surface area (Å²) >= 11 is 0. The summed E-state index contributed by atoms with van der Waals surface area (Å²) in [5, 5.41) is 2.89. The molecule has 1 aliphatic rings. The first-order valence-electron chi connectivity index (χ1n) is 9.02. The van der Waals surface area contributed by atoms with E-state index in [9.17, 15) is 9.59 Å². The second-order valence-electron chi connectivity index (χ2n) is 6.60. The largest absolute Gasteiger partial charge is 0.454 e. The van der Waals surface area contributed by atoms with E-state index in [0.717, 1.165) is 5.56 Å². The molecule has 0 saturated carbocycles. The van der Waals surface area contributed by atoms with Crippen LogP contribution in [0, 0.1) is 0 Å². The van der Waals surface area contributed by atoms with Crippen molar-refractivity contribution in [2.45, 2.75) is 12.8 Å². The molecule has 0 bridgehead atoms. The van der Waals surface area contributed by atoms with Crippen LogP contribution in [0.1, 0.15) is 34.3 Å². The molecule has 0 radical (unpaired) electrons. The minimum Gasteiger partial charge on any atom is -0.454 e. The van der Waals surface area contributed by atoms with E-state index in [0.29, 0.717) is 28.3 Å². The quantitative estimate of drug-likeness (QED) is 0.674. The summed E-state index contributed by atoms with van der Waals surface area (Å²) in [6.45, 7) is 2.00. The number of nitrogens with one attached hydrogen (secondary N) is 1. The number of rotatable bonds is 5. The number of carbonyl (C=O) groups excluding carboxylic acids is 2. The number of fused-ring (bicyclic) bond motifs is 1. The fourth-order valence-electron chi connectivity index (χ4n) is 3.08. The van der Waals surface area contributed by atoms with Crippen LogP contribution in [-0.2, 0) is 4.79 Å². The summed E-state index contributed by atoms with van der Waals surface area (Å²) in [5.74, 6) is 0.627. The van der Waals surface area contributed by atoms with Gasteiger partial charge in [0.2, 0.25) is 12.7 Å². The third-order valence-corrected chi connectivity index (χ3v) is 4.72. The maximum atomic E-state index is 12.7. The van der Waals surface area contributed by atoms with Crippen LogP contribution in [0.25, 0.3) is 0 Å². The van der Waals surface area contributed by atoms with E-state index >= 15 is 0 Å². The van der Waals surface area contributed by atoms with Crippen LogP contribution in [0.3, 0.4) is 0 Å². The Hall–Kier alpha value is -3.60. The van der Waals surface area contributed by atoms with Gasteiger partial charge in [-0.1, -0.05) is 48.5 Å². The summed E-state index contributed by atoms with van der Waals surface area (Å²) in [5.41, 5.74) is 2.60. The Balaban J connectivity index is 1.50. The molecule has 140 valence electrons. The number of carbonyl (C=O) groups is 2. The van der Waals surface area contributed by atoms with Gasteiger partial charge in [0.25, 0.3) is 0 Å². The summed E-state index contributed by atoms with van der Waals surface area (Å²) in [7, 11) is 0. The lowest BCUT2D eigenvalue weighted by Gasteiger charge is -2.14. The smallest absolute Gasteiger partial charge is 0.231 e. The monoisotopic (exact) mass is 373 g/mol. The molecular weight excluding hydrogens is 354 g/mol. The third-order valence-electron chi connectivity index (χ3n) is 4.72. The normalized spacial score (nSPS) is 13.0.